The highest BCUT2D eigenvalue weighted by atomic mass is 16.6. The van der Waals surface area contributed by atoms with Gasteiger partial charge >= 0.3 is 0 Å². The molecule has 6 nitrogen and oxygen atoms in total. The van der Waals surface area contributed by atoms with Crippen LogP contribution in [-0.4, -0.2) is 19.8 Å². The second kappa shape index (κ2) is 3.89. The minimum atomic E-state index is -0.478. The van der Waals surface area contributed by atoms with Crippen LogP contribution in [-0.2, 0) is 0 Å². The number of nitro benzene ring substituents is 1. The van der Waals surface area contributed by atoms with Gasteiger partial charge < -0.3 is 5.21 Å². The average Bonchev–Trinajstić information content (AvgIpc) is 2.57. The standard InChI is InChI=1S/C11H11N3O3/c1-7-8(2)13(15)11(12-7)9-4-3-5-10(6-9)14(16)17/h3-6,15H,1-2H3. The summed E-state index contributed by atoms with van der Waals surface area (Å²) in [5.41, 5.74) is 1.79. The van der Waals surface area contributed by atoms with Crippen molar-refractivity contribution in [1.29, 1.82) is 0 Å². The molecular formula is C11H11N3O3. The predicted octanol–water partition coefficient (Wildman–Crippen LogP) is 2.31. The summed E-state index contributed by atoms with van der Waals surface area (Å²) in [5.74, 6) is 0.309. The van der Waals surface area contributed by atoms with Gasteiger partial charge in [-0.15, -0.1) is 0 Å². The molecule has 0 aliphatic rings. The van der Waals surface area contributed by atoms with Crippen LogP contribution in [0.5, 0.6) is 0 Å². The molecule has 2 rings (SSSR count). The van der Waals surface area contributed by atoms with Gasteiger partial charge in [0.25, 0.3) is 5.69 Å². The second-order valence-corrected chi connectivity index (χ2v) is 3.73. The summed E-state index contributed by atoms with van der Waals surface area (Å²) in [5, 5.41) is 20.4. The third-order valence-corrected chi connectivity index (χ3v) is 2.63. The maximum absolute atomic E-state index is 10.7. The molecule has 1 N–H and O–H groups in total. The van der Waals surface area contributed by atoms with Crippen molar-refractivity contribution in [3.8, 4) is 11.4 Å². The molecule has 1 aromatic carbocycles. The van der Waals surface area contributed by atoms with Crippen LogP contribution in [0.4, 0.5) is 5.69 Å². The lowest BCUT2D eigenvalue weighted by Gasteiger charge is -2.01. The maximum Gasteiger partial charge on any atom is 0.270 e. The highest BCUT2D eigenvalue weighted by Crippen LogP contribution is 2.24. The summed E-state index contributed by atoms with van der Waals surface area (Å²) in [6.07, 6.45) is 0. The smallest absolute Gasteiger partial charge is 0.270 e. The van der Waals surface area contributed by atoms with Gasteiger partial charge in [-0.3, -0.25) is 10.1 Å². The van der Waals surface area contributed by atoms with E-state index in [9.17, 15) is 15.3 Å². The first kappa shape index (κ1) is 11.1. The molecular weight excluding hydrogens is 222 g/mol. The molecule has 0 saturated carbocycles. The molecule has 0 unspecified atom stereocenters. The van der Waals surface area contributed by atoms with E-state index >= 15 is 0 Å². The first-order valence-electron chi connectivity index (χ1n) is 5.00. The molecule has 1 heterocycles. The highest BCUT2D eigenvalue weighted by molar-refractivity contribution is 5.60. The molecule has 0 atom stereocenters. The van der Waals surface area contributed by atoms with E-state index in [-0.39, 0.29) is 5.69 Å². The van der Waals surface area contributed by atoms with Gasteiger partial charge in [0, 0.05) is 17.7 Å². The maximum atomic E-state index is 10.7. The zero-order valence-corrected chi connectivity index (χ0v) is 9.41. The van der Waals surface area contributed by atoms with Crippen molar-refractivity contribution in [1.82, 2.24) is 9.71 Å². The molecule has 1 aromatic heterocycles. The number of hydrogen-bond donors (Lipinski definition) is 1. The summed E-state index contributed by atoms with van der Waals surface area (Å²) in [4.78, 5) is 14.3. The van der Waals surface area contributed by atoms with Crippen molar-refractivity contribution < 1.29 is 10.1 Å². The molecule has 0 amide bonds. The number of non-ortho nitro benzene ring substituents is 1. The first-order valence-corrected chi connectivity index (χ1v) is 5.00. The number of imidazole rings is 1. The summed E-state index contributed by atoms with van der Waals surface area (Å²) in [6.45, 7) is 3.49. The molecule has 0 aliphatic carbocycles. The monoisotopic (exact) mass is 233 g/mol. The van der Waals surface area contributed by atoms with Crippen molar-refractivity contribution >= 4 is 5.69 Å². The van der Waals surface area contributed by atoms with Crippen LogP contribution in [0.2, 0.25) is 0 Å². The zero-order chi connectivity index (χ0) is 12.6. The van der Waals surface area contributed by atoms with Crippen LogP contribution >= 0.6 is 0 Å². The second-order valence-electron chi connectivity index (χ2n) is 3.73. The molecule has 17 heavy (non-hydrogen) atoms. The Hall–Kier alpha value is -2.37. The summed E-state index contributed by atoms with van der Waals surface area (Å²) < 4.78 is 0.939. The lowest BCUT2D eigenvalue weighted by molar-refractivity contribution is -0.384. The zero-order valence-electron chi connectivity index (χ0n) is 9.41. The Kier molecular flexibility index (Phi) is 2.55. The van der Waals surface area contributed by atoms with Crippen LogP contribution in [0, 0.1) is 24.0 Å². The van der Waals surface area contributed by atoms with Crippen LogP contribution in [0.1, 0.15) is 11.4 Å². The fourth-order valence-electron chi connectivity index (χ4n) is 1.54. The number of nitrogens with zero attached hydrogens (tertiary/aromatic N) is 3. The summed E-state index contributed by atoms with van der Waals surface area (Å²) in [7, 11) is 0. The van der Waals surface area contributed by atoms with Crippen molar-refractivity contribution in [3.63, 3.8) is 0 Å². The van der Waals surface area contributed by atoms with Crippen molar-refractivity contribution in [2.24, 2.45) is 0 Å². The minimum Gasteiger partial charge on any atom is -0.427 e. The fraction of sp³-hybridized carbons (Fsp3) is 0.182. The van der Waals surface area contributed by atoms with E-state index in [0.29, 0.717) is 22.8 Å². The third kappa shape index (κ3) is 1.84. The van der Waals surface area contributed by atoms with Gasteiger partial charge in [-0.05, 0) is 13.8 Å². The van der Waals surface area contributed by atoms with E-state index < -0.39 is 4.92 Å². The van der Waals surface area contributed by atoms with Gasteiger partial charge in [0.15, 0.2) is 5.82 Å². The largest absolute Gasteiger partial charge is 0.427 e. The van der Waals surface area contributed by atoms with E-state index in [1.54, 1.807) is 26.0 Å². The van der Waals surface area contributed by atoms with Crippen molar-refractivity contribution in [2.75, 3.05) is 0 Å². The minimum absolute atomic E-state index is 0.0270. The van der Waals surface area contributed by atoms with Crippen molar-refractivity contribution in [2.45, 2.75) is 13.8 Å². The van der Waals surface area contributed by atoms with Gasteiger partial charge in [0.2, 0.25) is 0 Å². The number of benzene rings is 1. The van der Waals surface area contributed by atoms with E-state index in [2.05, 4.69) is 4.98 Å². The van der Waals surface area contributed by atoms with Crippen LogP contribution < -0.4 is 0 Å². The molecule has 6 heteroatoms. The SMILES string of the molecule is Cc1nc(-c2cccc([N+](=O)[O-])c2)n(O)c1C. The molecule has 0 saturated heterocycles. The van der Waals surface area contributed by atoms with Crippen molar-refractivity contribution in [3.05, 3.63) is 45.8 Å². The van der Waals surface area contributed by atoms with Crippen LogP contribution in [0.15, 0.2) is 24.3 Å². The van der Waals surface area contributed by atoms with Gasteiger partial charge in [-0.1, -0.05) is 12.1 Å². The lowest BCUT2D eigenvalue weighted by Crippen LogP contribution is -1.97. The third-order valence-electron chi connectivity index (χ3n) is 2.63. The molecule has 0 aliphatic heterocycles. The normalized spacial score (nSPS) is 10.5. The Morgan fingerprint density at radius 2 is 2.12 bits per heavy atom. The fourth-order valence-corrected chi connectivity index (χ4v) is 1.54. The quantitative estimate of drug-likeness (QED) is 0.490. The molecule has 0 fully saturated rings. The number of hydrogen-bond acceptors (Lipinski definition) is 4. The van der Waals surface area contributed by atoms with Crippen LogP contribution in [0.25, 0.3) is 11.4 Å². The molecule has 0 radical (unpaired) electrons. The topological polar surface area (TPSA) is 81.2 Å². The van der Waals surface area contributed by atoms with Gasteiger partial charge in [-0.2, -0.15) is 4.73 Å². The van der Waals surface area contributed by atoms with E-state index in [1.165, 1.54) is 12.1 Å². The molecule has 2 aromatic rings. The van der Waals surface area contributed by atoms with E-state index in [4.69, 9.17) is 0 Å². The van der Waals surface area contributed by atoms with Gasteiger partial charge in [-0.25, -0.2) is 4.98 Å². The number of nitro groups is 1. The lowest BCUT2D eigenvalue weighted by atomic mass is 10.2. The Bertz CT molecular complexity index is 590. The number of aryl methyl sites for hydroxylation is 1. The Balaban J connectivity index is 2.56. The Labute approximate surface area is 97.3 Å². The first-order chi connectivity index (χ1) is 8.00. The molecule has 88 valence electrons. The van der Waals surface area contributed by atoms with Gasteiger partial charge in [0.1, 0.15) is 0 Å². The van der Waals surface area contributed by atoms with Gasteiger partial charge in [0.05, 0.1) is 16.3 Å². The highest BCUT2D eigenvalue weighted by Gasteiger charge is 2.14. The molecule has 0 bridgehead atoms. The Morgan fingerprint density at radius 1 is 1.41 bits per heavy atom. The van der Waals surface area contributed by atoms with E-state index in [0.717, 1.165) is 4.73 Å². The Morgan fingerprint density at radius 3 is 2.65 bits per heavy atom. The average molecular weight is 233 g/mol. The van der Waals surface area contributed by atoms with Crippen LogP contribution in [0.3, 0.4) is 0 Å². The van der Waals surface area contributed by atoms with E-state index in [1.807, 2.05) is 0 Å². The number of aromatic nitrogens is 2. The summed E-state index contributed by atoms with van der Waals surface area (Å²) >= 11 is 0. The number of rotatable bonds is 2. The predicted molar refractivity (Wildman–Crippen MR) is 61.0 cm³/mol. The molecule has 0 spiro atoms. The summed E-state index contributed by atoms with van der Waals surface area (Å²) in [6, 6.07) is 6.01.